The van der Waals surface area contributed by atoms with Crippen LogP contribution in [0.4, 0.5) is 0 Å². The standard InChI is InChI=1S/C43H81NO4/c1-3-5-7-9-11-13-15-17-18-19-20-21-22-23-24-26-28-30-32-34-36-38-42(47)44-40(39-45)43(48)41(46)37-35-33-31-29-27-25-16-14-12-10-8-6-4-2/h14,16,21-22,29,31,40-41,43,45-46,48H,3-13,15,17-20,23-28,30,32-39H2,1-2H3,(H,44,47)/b16-14+,22-21-,31-29+. The Bertz CT molecular complexity index is 749. The van der Waals surface area contributed by atoms with Crippen molar-refractivity contribution in [2.45, 2.75) is 225 Å². The molecule has 0 aromatic rings. The summed E-state index contributed by atoms with van der Waals surface area (Å²) in [5, 5.41) is 33.4. The average molecular weight is 676 g/mol. The molecule has 0 saturated carbocycles. The summed E-state index contributed by atoms with van der Waals surface area (Å²) in [6.45, 7) is 4.13. The van der Waals surface area contributed by atoms with Crippen molar-refractivity contribution in [1.29, 1.82) is 0 Å². The molecular weight excluding hydrogens is 594 g/mol. The van der Waals surface area contributed by atoms with E-state index in [1.807, 2.05) is 0 Å². The van der Waals surface area contributed by atoms with Crippen LogP contribution in [0.3, 0.4) is 0 Å². The van der Waals surface area contributed by atoms with Crippen LogP contribution in [0, 0.1) is 0 Å². The molecule has 0 heterocycles. The van der Waals surface area contributed by atoms with Crippen molar-refractivity contribution < 1.29 is 20.1 Å². The number of aliphatic hydroxyl groups excluding tert-OH is 3. The highest BCUT2D eigenvalue weighted by Gasteiger charge is 2.26. The van der Waals surface area contributed by atoms with Gasteiger partial charge in [-0.15, -0.1) is 0 Å². The van der Waals surface area contributed by atoms with E-state index in [4.69, 9.17) is 0 Å². The maximum atomic E-state index is 12.4. The maximum Gasteiger partial charge on any atom is 0.220 e. The van der Waals surface area contributed by atoms with Crippen LogP contribution in [0.1, 0.15) is 206 Å². The Morgan fingerprint density at radius 2 is 0.854 bits per heavy atom. The largest absolute Gasteiger partial charge is 0.394 e. The second-order valence-electron chi connectivity index (χ2n) is 14.2. The normalized spacial score (nSPS) is 14.0. The summed E-state index contributed by atoms with van der Waals surface area (Å²) in [5.41, 5.74) is 0. The molecule has 3 unspecified atom stereocenters. The van der Waals surface area contributed by atoms with Gasteiger partial charge >= 0.3 is 0 Å². The molecule has 0 aliphatic rings. The van der Waals surface area contributed by atoms with E-state index >= 15 is 0 Å². The summed E-state index contributed by atoms with van der Waals surface area (Å²) in [5.74, 6) is -0.164. The van der Waals surface area contributed by atoms with Crippen molar-refractivity contribution in [3.8, 4) is 0 Å². The van der Waals surface area contributed by atoms with Crippen LogP contribution < -0.4 is 5.32 Å². The molecule has 5 nitrogen and oxygen atoms in total. The molecule has 0 aliphatic heterocycles. The van der Waals surface area contributed by atoms with Gasteiger partial charge in [0.1, 0.15) is 6.10 Å². The van der Waals surface area contributed by atoms with Crippen molar-refractivity contribution in [1.82, 2.24) is 5.32 Å². The van der Waals surface area contributed by atoms with Gasteiger partial charge in [-0.2, -0.15) is 0 Å². The van der Waals surface area contributed by atoms with Crippen LogP contribution in [0.15, 0.2) is 36.5 Å². The van der Waals surface area contributed by atoms with Crippen molar-refractivity contribution in [3.05, 3.63) is 36.5 Å². The summed E-state index contributed by atoms with van der Waals surface area (Å²) < 4.78 is 0. The van der Waals surface area contributed by atoms with E-state index in [-0.39, 0.29) is 12.5 Å². The number of hydrogen-bond donors (Lipinski definition) is 4. The first kappa shape index (κ1) is 46.6. The number of nitrogens with one attached hydrogen (secondary N) is 1. The molecule has 0 fully saturated rings. The molecule has 0 rings (SSSR count). The van der Waals surface area contributed by atoms with Crippen molar-refractivity contribution in [3.63, 3.8) is 0 Å². The minimum absolute atomic E-state index is 0.164. The molecule has 0 aromatic heterocycles. The second-order valence-corrected chi connectivity index (χ2v) is 14.2. The summed E-state index contributed by atoms with van der Waals surface area (Å²) in [4.78, 5) is 12.4. The Kier molecular flexibility index (Phi) is 37.2. The third-order valence-electron chi connectivity index (χ3n) is 9.44. The first-order chi connectivity index (χ1) is 23.6. The zero-order valence-corrected chi connectivity index (χ0v) is 31.9. The average Bonchev–Trinajstić information content (AvgIpc) is 3.09. The first-order valence-corrected chi connectivity index (χ1v) is 20.8. The van der Waals surface area contributed by atoms with Crippen LogP contribution >= 0.6 is 0 Å². The monoisotopic (exact) mass is 676 g/mol. The second kappa shape index (κ2) is 38.4. The molecule has 48 heavy (non-hydrogen) atoms. The van der Waals surface area contributed by atoms with E-state index in [0.717, 1.165) is 44.9 Å². The molecule has 0 saturated heterocycles. The summed E-state index contributed by atoms with van der Waals surface area (Å²) in [6.07, 6.45) is 46.8. The van der Waals surface area contributed by atoms with Gasteiger partial charge in [-0.25, -0.2) is 0 Å². The predicted molar refractivity (Wildman–Crippen MR) is 208 cm³/mol. The highest BCUT2D eigenvalue weighted by molar-refractivity contribution is 5.76. The number of carbonyl (C=O) groups is 1. The molecule has 1 amide bonds. The Hall–Kier alpha value is -1.43. The van der Waals surface area contributed by atoms with Crippen LogP contribution in [0.25, 0.3) is 0 Å². The van der Waals surface area contributed by atoms with Crippen molar-refractivity contribution in [2.75, 3.05) is 6.61 Å². The number of hydrogen-bond acceptors (Lipinski definition) is 4. The fourth-order valence-electron chi connectivity index (χ4n) is 6.17. The summed E-state index contributed by atoms with van der Waals surface area (Å²) >= 11 is 0. The smallest absolute Gasteiger partial charge is 0.220 e. The van der Waals surface area contributed by atoms with E-state index in [1.54, 1.807) is 0 Å². The van der Waals surface area contributed by atoms with Gasteiger partial charge in [-0.05, 0) is 77.0 Å². The fourth-order valence-corrected chi connectivity index (χ4v) is 6.17. The predicted octanol–water partition coefficient (Wildman–Crippen LogP) is 11.6. The lowest BCUT2D eigenvalue weighted by molar-refractivity contribution is -0.124. The van der Waals surface area contributed by atoms with Crippen LogP contribution in [0.2, 0.25) is 0 Å². The van der Waals surface area contributed by atoms with Gasteiger partial charge in [0, 0.05) is 6.42 Å². The van der Waals surface area contributed by atoms with E-state index in [1.165, 1.54) is 135 Å². The third-order valence-corrected chi connectivity index (χ3v) is 9.44. The van der Waals surface area contributed by atoms with Crippen LogP contribution in [0.5, 0.6) is 0 Å². The molecule has 3 atom stereocenters. The lowest BCUT2D eigenvalue weighted by atomic mass is 10.0. The molecule has 0 aromatic carbocycles. The molecular formula is C43H81NO4. The highest BCUT2D eigenvalue weighted by atomic mass is 16.3. The number of carbonyl (C=O) groups excluding carboxylic acids is 1. The van der Waals surface area contributed by atoms with Crippen molar-refractivity contribution in [2.24, 2.45) is 0 Å². The van der Waals surface area contributed by atoms with Gasteiger partial charge in [0.2, 0.25) is 5.91 Å². The van der Waals surface area contributed by atoms with E-state index in [9.17, 15) is 20.1 Å². The topological polar surface area (TPSA) is 89.8 Å². The lowest BCUT2D eigenvalue weighted by Crippen LogP contribution is -2.50. The quantitative estimate of drug-likeness (QED) is 0.0390. The number of rotatable bonds is 37. The third kappa shape index (κ3) is 33.1. The van der Waals surface area contributed by atoms with Gasteiger partial charge in [0.25, 0.3) is 0 Å². The van der Waals surface area contributed by atoms with E-state index in [0.29, 0.717) is 12.8 Å². The Morgan fingerprint density at radius 3 is 1.29 bits per heavy atom. The lowest BCUT2D eigenvalue weighted by Gasteiger charge is -2.26. The van der Waals surface area contributed by atoms with Crippen LogP contribution in [-0.4, -0.2) is 46.1 Å². The zero-order chi connectivity index (χ0) is 35.2. The Labute approximate surface area is 298 Å². The maximum absolute atomic E-state index is 12.4. The van der Waals surface area contributed by atoms with Crippen LogP contribution in [-0.2, 0) is 4.79 Å². The number of amides is 1. The summed E-state index contributed by atoms with van der Waals surface area (Å²) in [6, 6.07) is -0.833. The van der Waals surface area contributed by atoms with Crippen molar-refractivity contribution >= 4 is 5.91 Å². The fraction of sp³-hybridized carbons (Fsp3) is 0.837. The summed E-state index contributed by atoms with van der Waals surface area (Å²) in [7, 11) is 0. The molecule has 0 radical (unpaired) electrons. The SMILES string of the molecule is CCCCCC/C=C/CC/C=C/CCCC(O)C(O)C(CO)NC(=O)CCCCCCCCC/C=C\CCCCCCCCCCCC. The van der Waals surface area contributed by atoms with E-state index < -0.39 is 18.2 Å². The minimum atomic E-state index is -1.17. The molecule has 0 bridgehead atoms. The molecule has 0 aliphatic carbocycles. The van der Waals surface area contributed by atoms with Gasteiger partial charge in [0.05, 0.1) is 18.8 Å². The number of aliphatic hydroxyl groups is 3. The minimum Gasteiger partial charge on any atom is -0.394 e. The Morgan fingerprint density at radius 1 is 0.500 bits per heavy atom. The van der Waals surface area contributed by atoms with Gasteiger partial charge < -0.3 is 20.6 Å². The Balaban J connectivity index is 3.69. The van der Waals surface area contributed by atoms with E-state index in [2.05, 4.69) is 55.6 Å². The number of unbranched alkanes of at least 4 members (excludes halogenated alkanes) is 23. The van der Waals surface area contributed by atoms with Gasteiger partial charge in [-0.3, -0.25) is 4.79 Å². The van der Waals surface area contributed by atoms with Gasteiger partial charge in [0.15, 0.2) is 0 Å². The van der Waals surface area contributed by atoms with Gasteiger partial charge in [-0.1, -0.05) is 159 Å². The molecule has 282 valence electrons. The molecule has 0 spiro atoms. The first-order valence-electron chi connectivity index (χ1n) is 20.8. The zero-order valence-electron chi connectivity index (χ0n) is 31.9. The highest BCUT2D eigenvalue weighted by Crippen LogP contribution is 2.14. The number of allylic oxidation sites excluding steroid dienone is 6. The molecule has 4 N–H and O–H groups in total. The molecule has 5 heteroatoms.